The molecular formula is C9H14FN3. The van der Waals surface area contributed by atoms with E-state index in [1.54, 1.807) is 0 Å². The number of hydrogen-bond acceptors (Lipinski definition) is 3. The van der Waals surface area contributed by atoms with E-state index in [2.05, 4.69) is 10.3 Å². The second-order valence-corrected chi connectivity index (χ2v) is 3.96. The molecule has 1 heterocycles. The molecule has 0 atom stereocenters. The molecule has 0 unspecified atom stereocenters. The van der Waals surface area contributed by atoms with Crippen LogP contribution >= 0.6 is 0 Å². The van der Waals surface area contributed by atoms with E-state index in [0.717, 1.165) is 6.20 Å². The SMILES string of the molecule is CC(C)(C)Nc1cc(N)ncc1F. The molecule has 13 heavy (non-hydrogen) atoms. The fraction of sp³-hybridized carbons (Fsp3) is 0.444. The largest absolute Gasteiger partial charge is 0.384 e. The lowest BCUT2D eigenvalue weighted by atomic mass is 10.1. The van der Waals surface area contributed by atoms with Crippen LogP contribution in [0.5, 0.6) is 0 Å². The third-order valence-corrected chi connectivity index (χ3v) is 1.39. The van der Waals surface area contributed by atoms with E-state index >= 15 is 0 Å². The molecule has 0 aliphatic heterocycles. The highest BCUT2D eigenvalue weighted by atomic mass is 19.1. The highest BCUT2D eigenvalue weighted by molar-refractivity contribution is 5.52. The monoisotopic (exact) mass is 183 g/mol. The van der Waals surface area contributed by atoms with Crippen molar-refractivity contribution < 1.29 is 4.39 Å². The quantitative estimate of drug-likeness (QED) is 0.700. The van der Waals surface area contributed by atoms with E-state index in [9.17, 15) is 4.39 Å². The molecule has 0 saturated heterocycles. The highest BCUT2D eigenvalue weighted by Crippen LogP contribution is 2.19. The molecule has 0 fully saturated rings. The summed E-state index contributed by atoms with van der Waals surface area (Å²) in [5.41, 5.74) is 5.63. The molecule has 1 aromatic rings. The fourth-order valence-electron chi connectivity index (χ4n) is 0.955. The van der Waals surface area contributed by atoms with Crippen LogP contribution in [0, 0.1) is 5.82 Å². The second-order valence-electron chi connectivity index (χ2n) is 3.96. The number of nitrogen functional groups attached to an aromatic ring is 1. The molecule has 0 aromatic carbocycles. The van der Waals surface area contributed by atoms with Gasteiger partial charge in [0, 0.05) is 11.6 Å². The van der Waals surface area contributed by atoms with E-state index in [1.807, 2.05) is 20.8 Å². The van der Waals surface area contributed by atoms with E-state index in [1.165, 1.54) is 6.07 Å². The number of halogens is 1. The minimum Gasteiger partial charge on any atom is -0.384 e. The van der Waals surface area contributed by atoms with Gasteiger partial charge in [-0.25, -0.2) is 9.37 Å². The first-order valence-electron chi connectivity index (χ1n) is 4.08. The summed E-state index contributed by atoms with van der Waals surface area (Å²) in [5, 5.41) is 3.00. The van der Waals surface area contributed by atoms with Gasteiger partial charge in [-0.2, -0.15) is 0 Å². The molecule has 0 bridgehead atoms. The number of nitrogens with zero attached hydrogens (tertiary/aromatic N) is 1. The number of pyridine rings is 1. The number of nitrogens with two attached hydrogens (primary N) is 1. The van der Waals surface area contributed by atoms with Gasteiger partial charge in [0.2, 0.25) is 0 Å². The van der Waals surface area contributed by atoms with Crippen molar-refractivity contribution in [3.63, 3.8) is 0 Å². The van der Waals surface area contributed by atoms with Gasteiger partial charge < -0.3 is 11.1 Å². The van der Waals surface area contributed by atoms with Gasteiger partial charge in [0.05, 0.1) is 11.9 Å². The molecule has 0 spiro atoms. The van der Waals surface area contributed by atoms with Crippen molar-refractivity contribution >= 4 is 11.5 Å². The summed E-state index contributed by atoms with van der Waals surface area (Å²) >= 11 is 0. The Hall–Kier alpha value is -1.32. The average Bonchev–Trinajstić information content (AvgIpc) is 1.94. The Kier molecular flexibility index (Phi) is 2.40. The molecule has 4 heteroatoms. The van der Waals surface area contributed by atoms with Crippen LogP contribution in [0.2, 0.25) is 0 Å². The van der Waals surface area contributed by atoms with Crippen molar-refractivity contribution in [3.05, 3.63) is 18.1 Å². The lowest BCUT2D eigenvalue weighted by Gasteiger charge is -2.22. The van der Waals surface area contributed by atoms with E-state index < -0.39 is 0 Å². The van der Waals surface area contributed by atoms with E-state index in [0.29, 0.717) is 11.5 Å². The Morgan fingerprint density at radius 3 is 2.62 bits per heavy atom. The highest BCUT2D eigenvalue weighted by Gasteiger charge is 2.12. The average molecular weight is 183 g/mol. The van der Waals surface area contributed by atoms with Crippen LogP contribution in [0.3, 0.4) is 0 Å². The van der Waals surface area contributed by atoms with Gasteiger partial charge in [-0.3, -0.25) is 0 Å². The van der Waals surface area contributed by atoms with Crippen LogP contribution < -0.4 is 11.1 Å². The van der Waals surface area contributed by atoms with Crippen molar-refractivity contribution in [2.24, 2.45) is 0 Å². The van der Waals surface area contributed by atoms with Crippen molar-refractivity contribution in [1.29, 1.82) is 0 Å². The van der Waals surface area contributed by atoms with Crippen LogP contribution in [-0.4, -0.2) is 10.5 Å². The molecule has 0 aliphatic carbocycles. The third-order valence-electron chi connectivity index (χ3n) is 1.39. The molecule has 0 radical (unpaired) electrons. The van der Waals surface area contributed by atoms with Crippen molar-refractivity contribution in [1.82, 2.24) is 4.98 Å². The summed E-state index contributed by atoms with van der Waals surface area (Å²) in [4.78, 5) is 3.63. The number of nitrogens with one attached hydrogen (secondary N) is 1. The normalized spacial score (nSPS) is 11.4. The summed E-state index contributed by atoms with van der Waals surface area (Å²) in [6.45, 7) is 5.84. The maximum atomic E-state index is 13.1. The Morgan fingerprint density at radius 2 is 2.08 bits per heavy atom. The van der Waals surface area contributed by atoms with E-state index in [4.69, 9.17) is 5.73 Å². The summed E-state index contributed by atoms with van der Waals surface area (Å²) in [7, 11) is 0. The lowest BCUT2D eigenvalue weighted by molar-refractivity contribution is 0.595. The van der Waals surface area contributed by atoms with Crippen LogP contribution in [0.25, 0.3) is 0 Å². The zero-order chi connectivity index (χ0) is 10.1. The third kappa shape index (κ3) is 2.89. The number of aromatic nitrogens is 1. The first-order valence-corrected chi connectivity index (χ1v) is 4.08. The first-order chi connectivity index (χ1) is 5.88. The Morgan fingerprint density at radius 1 is 1.46 bits per heavy atom. The number of anilines is 2. The Bertz CT molecular complexity index is 304. The van der Waals surface area contributed by atoms with Crippen molar-refractivity contribution in [3.8, 4) is 0 Å². The molecule has 0 saturated carbocycles. The molecule has 0 aliphatic rings. The van der Waals surface area contributed by atoms with Gasteiger partial charge in [0.15, 0.2) is 5.82 Å². The van der Waals surface area contributed by atoms with Gasteiger partial charge >= 0.3 is 0 Å². The maximum Gasteiger partial charge on any atom is 0.164 e. The smallest absolute Gasteiger partial charge is 0.164 e. The van der Waals surface area contributed by atoms with Gasteiger partial charge in [0.25, 0.3) is 0 Å². The molecule has 3 N–H and O–H groups in total. The zero-order valence-electron chi connectivity index (χ0n) is 8.06. The minimum atomic E-state index is -0.385. The van der Waals surface area contributed by atoms with Crippen LogP contribution in [0.4, 0.5) is 15.9 Å². The molecular weight excluding hydrogens is 169 g/mol. The van der Waals surface area contributed by atoms with Crippen LogP contribution in [0.15, 0.2) is 12.3 Å². The molecule has 3 nitrogen and oxygen atoms in total. The topological polar surface area (TPSA) is 50.9 Å². The molecule has 1 rings (SSSR count). The summed E-state index contributed by atoms with van der Waals surface area (Å²) in [5.74, 6) is -0.0720. The molecule has 0 amide bonds. The van der Waals surface area contributed by atoms with Gasteiger partial charge in [-0.05, 0) is 20.8 Å². The summed E-state index contributed by atoms with van der Waals surface area (Å²) < 4.78 is 13.1. The Labute approximate surface area is 77.2 Å². The van der Waals surface area contributed by atoms with Crippen molar-refractivity contribution in [2.45, 2.75) is 26.3 Å². The van der Waals surface area contributed by atoms with E-state index in [-0.39, 0.29) is 11.4 Å². The predicted octanol–water partition coefficient (Wildman–Crippen LogP) is 2.01. The number of hydrogen-bond donors (Lipinski definition) is 2. The van der Waals surface area contributed by atoms with Crippen LogP contribution in [-0.2, 0) is 0 Å². The van der Waals surface area contributed by atoms with Crippen LogP contribution in [0.1, 0.15) is 20.8 Å². The second kappa shape index (κ2) is 3.20. The maximum absolute atomic E-state index is 13.1. The fourth-order valence-corrected chi connectivity index (χ4v) is 0.955. The van der Waals surface area contributed by atoms with Gasteiger partial charge in [-0.1, -0.05) is 0 Å². The Balaban J connectivity index is 2.94. The summed E-state index contributed by atoms with van der Waals surface area (Å²) in [6.07, 6.45) is 1.11. The van der Waals surface area contributed by atoms with Gasteiger partial charge in [-0.15, -0.1) is 0 Å². The predicted molar refractivity (Wildman–Crippen MR) is 52.0 cm³/mol. The zero-order valence-corrected chi connectivity index (χ0v) is 8.06. The number of rotatable bonds is 1. The molecule has 72 valence electrons. The van der Waals surface area contributed by atoms with Gasteiger partial charge in [0.1, 0.15) is 5.82 Å². The molecule has 1 aromatic heterocycles. The summed E-state index contributed by atoms with van der Waals surface area (Å²) in [6, 6.07) is 1.49. The standard InChI is InChI=1S/C9H14FN3/c1-9(2,3)13-7-4-8(11)12-5-6(7)10/h4-5H,1-3H3,(H3,11,12,13). The van der Waals surface area contributed by atoms with Crippen molar-refractivity contribution in [2.75, 3.05) is 11.1 Å². The minimum absolute atomic E-state index is 0.186. The first kappa shape index (κ1) is 9.77. The lowest BCUT2D eigenvalue weighted by Crippen LogP contribution is -2.26.